The Balaban J connectivity index is 1.86. The van der Waals surface area contributed by atoms with Gasteiger partial charge in [0.1, 0.15) is 11.5 Å². The molecule has 0 unspecified atom stereocenters. The number of anilines is 2. The van der Waals surface area contributed by atoms with Crippen LogP contribution in [0.25, 0.3) is 0 Å². The topological polar surface area (TPSA) is 159 Å². The van der Waals surface area contributed by atoms with Crippen molar-refractivity contribution < 1.29 is 37.8 Å². The number of nitrogens with one attached hydrogen (secondary N) is 2. The van der Waals surface area contributed by atoms with E-state index in [2.05, 4.69) is 10.0 Å². The molecule has 3 rings (SSSR count). The molecule has 4 N–H and O–H groups in total. The van der Waals surface area contributed by atoms with Crippen LogP contribution in [0.3, 0.4) is 0 Å². The van der Waals surface area contributed by atoms with Crippen molar-refractivity contribution in [3.05, 3.63) is 77.9 Å². The van der Waals surface area contributed by atoms with Crippen molar-refractivity contribution in [2.24, 2.45) is 0 Å². The summed E-state index contributed by atoms with van der Waals surface area (Å²) in [5.74, 6) is -2.64. The van der Waals surface area contributed by atoms with E-state index in [9.17, 15) is 27.9 Å². The molecule has 0 fully saturated rings. The van der Waals surface area contributed by atoms with Crippen LogP contribution in [0.15, 0.2) is 71.6 Å². The first-order chi connectivity index (χ1) is 15.5. The van der Waals surface area contributed by atoms with E-state index >= 15 is 0 Å². The average molecular weight is 470 g/mol. The summed E-state index contributed by atoms with van der Waals surface area (Å²) in [6, 6.07) is 14.6. The largest absolute Gasteiger partial charge is 0.478 e. The fourth-order valence-electron chi connectivity index (χ4n) is 2.81. The van der Waals surface area contributed by atoms with Crippen molar-refractivity contribution in [2.45, 2.75) is 11.8 Å². The van der Waals surface area contributed by atoms with Crippen molar-refractivity contribution in [3.63, 3.8) is 0 Å². The molecule has 3 aromatic rings. The molecule has 11 heteroatoms. The highest BCUT2D eigenvalue weighted by Crippen LogP contribution is 2.29. The van der Waals surface area contributed by atoms with Crippen LogP contribution in [0.4, 0.5) is 11.4 Å². The number of carboxylic acid groups (broad SMARTS) is 2. The Bertz CT molecular complexity index is 1330. The molecule has 10 nitrogen and oxygen atoms in total. The summed E-state index contributed by atoms with van der Waals surface area (Å²) in [7, 11) is -4.13. The van der Waals surface area contributed by atoms with Crippen LogP contribution in [0.5, 0.6) is 11.5 Å². The van der Waals surface area contributed by atoms with Crippen LogP contribution >= 0.6 is 0 Å². The molecular weight excluding hydrogens is 452 g/mol. The number of ether oxygens (including phenoxy) is 1. The summed E-state index contributed by atoms with van der Waals surface area (Å²) in [6.07, 6.45) is 0. The highest BCUT2D eigenvalue weighted by molar-refractivity contribution is 7.92. The second-order valence-electron chi connectivity index (χ2n) is 6.76. The van der Waals surface area contributed by atoms with Gasteiger partial charge in [-0.3, -0.25) is 9.52 Å². The number of hydrogen-bond donors (Lipinski definition) is 4. The lowest BCUT2D eigenvalue weighted by atomic mass is 10.1. The Morgan fingerprint density at radius 3 is 2.12 bits per heavy atom. The van der Waals surface area contributed by atoms with Crippen LogP contribution in [-0.4, -0.2) is 36.5 Å². The van der Waals surface area contributed by atoms with Gasteiger partial charge in [0, 0.05) is 12.6 Å². The van der Waals surface area contributed by atoms with Gasteiger partial charge in [0.25, 0.3) is 10.0 Å². The molecule has 0 aliphatic carbocycles. The highest BCUT2D eigenvalue weighted by Gasteiger charge is 2.20. The van der Waals surface area contributed by atoms with E-state index < -0.39 is 22.0 Å². The quantitative estimate of drug-likeness (QED) is 0.388. The van der Waals surface area contributed by atoms with Crippen molar-refractivity contribution in [1.29, 1.82) is 0 Å². The van der Waals surface area contributed by atoms with Gasteiger partial charge in [0.2, 0.25) is 5.91 Å². The fraction of sp³-hybridized carbons (Fsp3) is 0.0455. The van der Waals surface area contributed by atoms with Crippen molar-refractivity contribution in [1.82, 2.24) is 0 Å². The summed E-state index contributed by atoms with van der Waals surface area (Å²) < 4.78 is 33.2. The summed E-state index contributed by atoms with van der Waals surface area (Å²) in [5, 5.41) is 21.1. The van der Waals surface area contributed by atoms with Crippen molar-refractivity contribution in [2.75, 3.05) is 10.0 Å². The Kier molecular flexibility index (Phi) is 6.64. The highest BCUT2D eigenvalue weighted by atomic mass is 32.2. The van der Waals surface area contributed by atoms with Gasteiger partial charge in [-0.2, -0.15) is 0 Å². The monoisotopic (exact) mass is 470 g/mol. The molecule has 0 heterocycles. The number of carbonyl (C=O) groups is 3. The van der Waals surface area contributed by atoms with E-state index in [1.54, 1.807) is 0 Å². The van der Waals surface area contributed by atoms with E-state index in [0.717, 1.165) is 6.07 Å². The summed E-state index contributed by atoms with van der Waals surface area (Å²) in [5.41, 5.74) is -0.179. The van der Waals surface area contributed by atoms with Crippen LogP contribution in [-0.2, 0) is 14.8 Å². The minimum Gasteiger partial charge on any atom is -0.478 e. The minimum absolute atomic E-state index is 0.0140. The Morgan fingerprint density at radius 2 is 1.52 bits per heavy atom. The molecule has 0 radical (unpaired) electrons. The third-order valence-electron chi connectivity index (χ3n) is 4.27. The maximum Gasteiger partial charge on any atom is 0.337 e. The van der Waals surface area contributed by atoms with Crippen LogP contribution in [0.1, 0.15) is 27.6 Å². The molecule has 170 valence electrons. The average Bonchev–Trinajstić information content (AvgIpc) is 2.74. The molecule has 0 bridgehead atoms. The van der Waals surface area contributed by atoms with Gasteiger partial charge in [-0.15, -0.1) is 0 Å². The third-order valence-corrected chi connectivity index (χ3v) is 5.65. The Hall–Kier alpha value is -4.38. The van der Waals surface area contributed by atoms with E-state index in [1.807, 2.05) is 0 Å². The van der Waals surface area contributed by atoms with Crippen molar-refractivity contribution >= 4 is 39.2 Å². The Morgan fingerprint density at radius 1 is 0.848 bits per heavy atom. The first kappa shape index (κ1) is 23.3. The van der Waals surface area contributed by atoms with Gasteiger partial charge in [0.05, 0.1) is 21.7 Å². The fourth-order valence-corrected chi connectivity index (χ4v) is 3.89. The molecule has 3 aromatic carbocycles. The second kappa shape index (κ2) is 9.40. The van der Waals surface area contributed by atoms with Gasteiger partial charge >= 0.3 is 11.9 Å². The van der Waals surface area contributed by atoms with Crippen LogP contribution in [0.2, 0.25) is 0 Å². The van der Waals surface area contributed by atoms with Gasteiger partial charge < -0.3 is 20.3 Å². The maximum atomic E-state index is 12.7. The number of carbonyl (C=O) groups excluding carboxylic acids is 1. The van der Waals surface area contributed by atoms with Crippen LogP contribution < -0.4 is 14.8 Å². The smallest absolute Gasteiger partial charge is 0.337 e. The molecule has 0 saturated carbocycles. The summed E-state index contributed by atoms with van der Waals surface area (Å²) in [6.45, 7) is 1.32. The minimum atomic E-state index is -4.13. The molecule has 0 aliphatic heterocycles. The number of rotatable bonds is 8. The number of amides is 1. The predicted molar refractivity (Wildman–Crippen MR) is 118 cm³/mol. The lowest BCUT2D eigenvalue weighted by Crippen LogP contribution is -2.16. The van der Waals surface area contributed by atoms with Gasteiger partial charge in [-0.25, -0.2) is 18.0 Å². The molecule has 0 aromatic heterocycles. The van der Waals surface area contributed by atoms with E-state index in [0.29, 0.717) is 5.69 Å². The first-order valence-electron chi connectivity index (χ1n) is 9.34. The zero-order valence-electron chi connectivity index (χ0n) is 17.1. The van der Waals surface area contributed by atoms with Crippen LogP contribution in [0, 0.1) is 0 Å². The molecule has 1 amide bonds. The normalized spacial score (nSPS) is 10.8. The number of aromatic carboxylic acids is 2. The SMILES string of the molecule is CC(=O)Nc1ccc(S(=O)(=O)Nc2ccc(Oc3cccc(C(=O)O)c3)cc2C(=O)O)cc1. The standard InChI is InChI=1S/C22H18N2O8S/c1-13(25)23-15-5-8-18(9-6-15)33(30,31)24-20-10-7-17(12-19(20)22(28)29)32-16-4-2-3-14(11-16)21(26)27/h2-12,24H,1H3,(H,23,25)(H,26,27)(H,28,29). The van der Waals surface area contributed by atoms with Gasteiger partial charge in [-0.1, -0.05) is 6.07 Å². The number of sulfonamides is 1. The van der Waals surface area contributed by atoms with E-state index in [1.165, 1.54) is 67.6 Å². The third kappa shape index (κ3) is 5.86. The predicted octanol–water partition coefficient (Wildman–Crippen LogP) is 3.63. The van der Waals surface area contributed by atoms with E-state index in [4.69, 9.17) is 9.84 Å². The maximum absolute atomic E-state index is 12.7. The number of benzene rings is 3. The van der Waals surface area contributed by atoms with Gasteiger partial charge in [-0.05, 0) is 60.7 Å². The molecule has 33 heavy (non-hydrogen) atoms. The van der Waals surface area contributed by atoms with Gasteiger partial charge in [0.15, 0.2) is 0 Å². The lowest BCUT2D eigenvalue weighted by molar-refractivity contribution is -0.114. The first-order valence-corrected chi connectivity index (χ1v) is 10.8. The summed E-state index contributed by atoms with van der Waals surface area (Å²) >= 11 is 0. The zero-order chi connectivity index (χ0) is 24.2. The second-order valence-corrected chi connectivity index (χ2v) is 8.44. The molecule has 0 saturated heterocycles. The molecule has 0 atom stereocenters. The Labute approximate surface area is 188 Å². The van der Waals surface area contributed by atoms with E-state index in [-0.39, 0.29) is 39.1 Å². The number of hydrogen-bond acceptors (Lipinski definition) is 6. The molecular formula is C22H18N2O8S. The lowest BCUT2D eigenvalue weighted by Gasteiger charge is -2.13. The number of carboxylic acids is 2. The molecule has 0 aliphatic rings. The van der Waals surface area contributed by atoms with Crippen molar-refractivity contribution in [3.8, 4) is 11.5 Å². The summed E-state index contributed by atoms with van der Waals surface area (Å²) in [4.78, 5) is 33.8. The molecule has 0 spiro atoms. The zero-order valence-corrected chi connectivity index (χ0v) is 17.9.